The average Bonchev–Trinajstić information content (AvgIpc) is 2.38. The summed E-state index contributed by atoms with van der Waals surface area (Å²) in [4.78, 5) is 0. The minimum atomic E-state index is 0.633. The number of hydrogen-bond donors (Lipinski definition) is 1. The van der Waals surface area contributed by atoms with Crippen molar-refractivity contribution in [3.05, 3.63) is 53.7 Å². The first-order valence-electron chi connectivity index (χ1n) is 4.89. The summed E-state index contributed by atoms with van der Waals surface area (Å²) >= 11 is 0. The lowest BCUT2D eigenvalue weighted by molar-refractivity contribution is 1.000. The highest BCUT2D eigenvalue weighted by Crippen LogP contribution is 2.06. The van der Waals surface area contributed by atoms with Crippen LogP contribution < -0.4 is 5.32 Å². The monoisotopic (exact) mass is 210 g/mol. The molecule has 0 fully saturated rings. The van der Waals surface area contributed by atoms with Crippen molar-refractivity contribution in [3.8, 4) is 6.07 Å². The number of nitrogens with zero attached hydrogens (tertiary/aromatic N) is 3. The summed E-state index contributed by atoms with van der Waals surface area (Å²) in [5.74, 6) is 0.727. The minimum absolute atomic E-state index is 0.633. The van der Waals surface area contributed by atoms with Crippen molar-refractivity contribution in [1.29, 1.82) is 5.26 Å². The van der Waals surface area contributed by atoms with Crippen LogP contribution in [0.1, 0.15) is 11.1 Å². The van der Waals surface area contributed by atoms with Gasteiger partial charge < -0.3 is 5.32 Å². The Labute approximate surface area is 93.6 Å². The van der Waals surface area contributed by atoms with E-state index >= 15 is 0 Å². The van der Waals surface area contributed by atoms with Gasteiger partial charge in [-0.15, -0.1) is 5.10 Å². The molecule has 4 nitrogen and oxygen atoms in total. The smallest absolute Gasteiger partial charge is 0.148 e. The maximum Gasteiger partial charge on any atom is 0.148 e. The van der Waals surface area contributed by atoms with E-state index in [0.717, 1.165) is 11.4 Å². The van der Waals surface area contributed by atoms with Gasteiger partial charge >= 0.3 is 0 Å². The van der Waals surface area contributed by atoms with Crippen molar-refractivity contribution in [3.63, 3.8) is 0 Å². The summed E-state index contributed by atoms with van der Waals surface area (Å²) < 4.78 is 0. The van der Waals surface area contributed by atoms with E-state index in [1.54, 1.807) is 12.3 Å². The Morgan fingerprint density at radius 2 is 2.19 bits per heavy atom. The number of rotatable bonds is 3. The molecule has 2 rings (SSSR count). The van der Waals surface area contributed by atoms with Crippen molar-refractivity contribution < 1.29 is 0 Å². The van der Waals surface area contributed by atoms with Crippen molar-refractivity contribution in [2.75, 3.05) is 5.32 Å². The van der Waals surface area contributed by atoms with E-state index < -0.39 is 0 Å². The summed E-state index contributed by atoms with van der Waals surface area (Å²) in [5.41, 5.74) is 1.71. The molecule has 0 aliphatic carbocycles. The van der Waals surface area contributed by atoms with E-state index in [4.69, 9.17) is 5.26 Å². The molecule has 1 N–H and O–H groups in total. The topological polar surface area (TPSA) is 61.6 Å². The molecule has 0 unspecified atom stereocenters. The highest BCUT2D eigenvalue weighted by Gasteiger charge is 1.96. The molecule has 0 bridgehead atoms. The van der Waals surface area contributed by atoms with Gasteiger partial charge in [0, 0.05) is 12.7 Å². The SMILES string of the molecule is N#Cc1cccc(CNc2cccnn2)c1. The molecule has 1 aromatic carbocycles. The Kier molecular flexibility index (Phi) is 3.10. The fourth-order valence-electron chi connectivity index (χ4n) is 1.34. The number of anilines is 1. The van der Waals surface area contributed by atoms with Crippen LogP contribution in [0.2, 0.25) is 0 Å². The second-order valence-corrected chi connectivity index (χ2v) is 3.27. The second kappa shape index (κ2) is 4.89. The Hall–Kier alpha value is -2.41. The van der Waals surface area contributed by atoms with Crippen LogP contribution in [-0.2, 0) is 6.54 Å². The number of aromatic nitrogens is 2. The molecular formula is C12H10N4. The molecule has 0 spiro atoms. The van der Waals surface area contributed by atoms with Gasteiger partial charge in [0.2, 0.25) is 0 Å². The molecule has 0 aliphatic rings. The Morgan fingerprint density at radius 3 is 2.94 bits per heavy atom. The van der Waals surface area contributed by atoms with E-state index in [2.05, 4.69) is 21.6 Å². The molecule has 0 amide bonds. The van der Waals surface area contributed by atoms with Gasteiger partial charge in [-0.2, -0.15) is 10.4 Å². The zero-order valence-corrected chi connectivity index (χ0v) is 8.59. The van der Waals surface area contributed by atoms with Crippen LogP contribution >= 0.6 is 0 Å². The number of nitriles is 1. The van der Waals surface area contributed by atoms with Crippen molar-refractivity contribution >= 4 is 5.82 Å². The summed E-state index contributed by atoms with van der Waals surface area (Å²) in [6, 6.07) is 13.2. The van der Waals surface area contributed by atoms with Crippen molar-refractivity contribution in [2.24, 2.45) is 0 Å². The number of benzene rings is 1. The molecule has 78 valence electrons. The van der Waals surface area contributed by atoms with Gasteiger partial charge in [0.05, 0.1) is 11.6 Å². The lowest BCUT2D eigenvalue weighted by atomic mass is 10.1. The number of hydrogen-bond acceptors (Lipinski definition) is 4. The summed E-state index contributed by atoms with van der Waals surface area (Å²) in [6.07, 6.45) is 1.63. The molecule has 2 aromatic rings. The molecule has 1 heterocycles. The first-order valence-corrected chi connectivity index (χ1v) is 4.89. The van der Waals surface area contributed by atoms with Gasteiger partial charge in [-0.3, -0.25) is 0 Å². The molecule has 0 saturated carbocycles. The van der Waals surface area contributed by atoms with E-state index in [-0.39, 0.29) is 0 Å². The van der Waals surface area contributed by atoms with Crippen LogP contribution in [0, 0.1) is 11.3 Å². The van der Waals surface area contributed by atoms with E-state index in [9.17, 15) is 0 Å². The third-order valence-corrected chi connectivity index (χ3v) is 2.10. The quantitative estimate of drug-likeness (QED) is 0.841. The molecule has 1 aromatic heterocycles. The van der Waals surface area contributed by atoms with Gasteiger partial charge in [0.1, 0.15) is 5.82 Å². The van der Waals surface area contributed by atoms with Crippen molar-refractivity contribution in [2.45, 2.75) is 6.54 Å². The van der Waals surface area contributed by atoms with Crippen LogP contribution in [0.3, 0.4) is 0 Å². The highest BCUT2D eigenvalue weighted by atomic mass is 15.2. The fraction of sp³-hybridized carbons (Fsp3) is 0.0833. The maximum atomic E-state index is 8.75. The normalized spacial score (nSPS) is 9.44. The Balaban J connectivity index is 2.03. The zero-order chi connectivity index (χ0) is 11.2. The largest absolute Gasteiger partial charge is 0.365 e. The summed E-state index contributed by atoms with van der Waals surface area (Å²) in [6.45, 7) is 0.633. The van der Waals surface area contributed by atoms with Crippen LogP contribution in [0.5, 0.6) is 0 Å². The lowest BCUT2D eigenvalue weighted by Crippen LogP contribution is -2.01. The van der Waals surface area contributed by atoms with Gasteiger partial charge in [0.15, 0.2) is 0 Å². The predicted octanol–water partition coefficient (Wildman–Crippen LogP) is 1.96. The fourth-order valence-corrected chi connectivity index (χ4v) is 1.34. The third-order valence-electron chi connectivity index (χ3n) is 2.10. The molecule has 0 atom stereocenters. The molecule has 0 saturated heterocycles. The molecule has 4 heteroatoms. The molecule has 16 heavy (non-hydrogen) atoms. The second-order valence-electron chi connectivity index (χ2n) is 3.27. The van der Waals surface area contributed by atoms with Gasteiger partial charge in [0.25, 0.3) is 0 Å². The molecule has 0 radical (unpaired) electrons. The first kappa shape index (κ1) is 10.1. The van der Waals surface area contributed by atoms with Gasteiger partial charge in [-0.05, 0) is 29.8 Å². The summed E-state index contributed by atoms with van der Waals surface area (Å²) in [7, 11) is 0. The molecular weight excluding hydrogens is 200 g/mol. The van der Waals surface area contributed by atoms with Crippen LogP contribution in [-0.4, -0.2) is 10.2 Å². The average molecular weight is 210 g/mol. The minimum Gasteiger partial charge on any atom is -0.365 e. The van der Waals surface area contributed by atoms with E-state index in [0.29, 0.717) is 12.1 Å². The van der Waals surface area contributed by atoms with E-state index in [1.807, 2.05) is 30.3 Å². The van der Waals surface area contributed by atoms with Gasteiger partial charge in [-0.25, -0.2) is 0 Å². The van der Waals surface area contributed by atoms with E-state index in [1.165, 1.54) is 0 Å². The lowest BCUT2D eigenvalue weighted by Gasteiger charge is -2.04. The third kappa shape index (κ3) is 2.55. The standard InChI is InChI=1S/C12H10N4/c13-8-10-3-1-4-11(7-10)9-14-12-5-2-6-15-16-12/h1-7H,9H2,(H,14,16). The predicted molar refractivity (Wildman–Crippen MR) is 60.5 cm³/mol. The highest BCUT2D eigenvalue weighted by molar-refractivity contribution is 5.37. The van der Waals surface area contributed by atoms with Crippen LogP contribution in [0.4, 0.5) is 5.82 Å². The Bertz CT molecular complexity index is 502. The first-order chi connectivity index (χ1) is 7.88. The van der Waals surface area contributed by atoms with Crippen molar-refractivity contribution in [1.82, 2.24) is 10.2 Å². The molecule has 0 aliphatic heterocycles. The van der Waals surface area contributed by atoms with Crippen LogP contribution in [0.25, 0.3) is 0 Å². The summed E-state index contributed by atoms with van der Waals surface area (Å²) in [5, 5.41) is 19.6. The maximum absolute atomic E-state index is 8.75. The zero-order valence-electron chi connectivity index (χ0n) is 8.59. The Morgan fingerprint density at radius 1 is 1.25 bits per heavy atom. The number of nitrogens with one attached hydrogen (secondary N) is 1. The van der Waals surface area contributed by atoms with Crippen LogP contribution in [0.15, 0.2) is 42.6 Å². The van der Waals surface area contributed by atoms with Gasteiger partial charge in [-0.1, -0.05) is 12.1 Å².